The number of sulfone groups is 1. The van der Waals surface area contributed by atoms with Crippen LogP contribution in [0.3, 0.4) is 0 Å². The molecule has 2 N–H and O–H groups in total. The van der Waals surface area contributed by atoms with Crippen molar-refractivity contribution in [2.24, 2.45) is 0 Å². The van der Waals surface area contributed by atoms with Gasteiger partial charge in [0.2, 0.25) is 9.84 Å². The summed E-state index contributed by atoms with van der Waals surface area (Å²) in [7, 11) is -3.68. The zero-order valence-electron chi connectivity index (χ0n) is 13.4. The van der Waals surface area contributed by atoms with Crippen molar-refractivity contribution in [2.45, 2.75) is 9.79 Å². The lowest BCUT2D eigenvalue weighted by atomic mass is 10.2. The van der Waals surface area contributed by atoms with Crippen LogP contribution in [0.5, 0.6) is 5.75 Å². The molecule has 5 nitrogen and oxygen atoms in total. The maximum atomic E-state index is 12.7. The number of carbonyl (C=O) groups is 1. The molecular weight excluding hydrogens is 418 g/mol. The van der Waals surface area contributed by atoms with Gasteiger partial charge >= 0.3 is 0 Å². The zero-order chi connectivity index (χ0) is 18.7. The minimum Gasteiger partial charge on any atom is -0.507 e. The van der Waals surface area contributed by atoms with Gasteiger partial charge in [0.1, 0.15) is 5.75 Å². The Balaban J connectivity index is 1.91. The van der Waals surface area contributed by atoms with E-state index in [1.807, 2.05) is 0 Å². The molecule has 0 aromatic heterocycles. The fourth-order valence-electron chi connectivity index (χ4n) is 2.37. The fourth-order valence-corrected chi connectivity index (χ4v) is 4.05. The minimum absolute atomic E-state index is 0.0694. The number of carbonyl (C=O) groups excluding carboxylic acids is 1. The predicted molar refractivity (Wildman–Crippen MR) is 102 cm³/mol. The van der Waals surface area contributed by atoms with Gasteiger partial charge in [-0.3, -0.25) is 4.79 Å². The highest BCUT2D eigenvalue weighted by Gasteiger charge is 2.18. The first kappa shape index (κ1) is 18.2. The van der Waals surface area contributed by atoms with Gasteiger partial charge in [0.15, 0.2) is 0 Å². The average molecular weight is 432 g/mol. The molecule has 0 heterocycles. The molecule has 0 bridgehead atoms. The number of rotatable bonds is 4. The highest BCUT2D eigenvalue weighted by atomic mass is 79.9. The Bertz CT molecular complexity index is 1070. The molecule has 0 fully saturated rings. The van der Waals surface area contributed by atoms with Crippen LogP contribution in [0.1, 0.15) is 10.4 Å². The molecule has 3 rings (SSSR count). The molecule has 0 spiro atoms. The first-order valence-electron chi connectivity index (χ1n) is 7.58. The summed E-state index contributed by atoms with van der Waals surface area (Å²) in [4.78, 5) is 12.6. The molecule has 0 saturated carbocycles. The Labute approximate surface area is 159 Å². The van der Waals surface area contributed by atoms with Gasteiger partial charge in [-0.2, -0.15) is 0 Å². The smallest absolute Gasteiger partial charge is 0.259 e. The lowest BCUT2D eigenvalue weighted by Gasteiger charge is -2.10. The van der Waals surface area contributed by atoms with Crippen molar-refractivity contribution >= 4 is 37.4 Å². The van der Waals surface area contributed by atoms with E-state index in [0.717, 1.165) is 0 Å². The van der Waals surface area contributed by atoms with Crippen molar-refractivity contribution in [2.75, 3.05) is 5.32 Å². The van der Waals surface area contributed by atoms with E-state index < -0.39 is 15.7 Å². The predicted octanol–water partition coefficient (Wildman–Crippen LogP) is 4.24. The highest BCUT2D eigenvalue weighted by molar-refractivity contribution is 9.10. The Kier molecular flexibility index (Phi) is 5.11. The van der Waals surface area contributed by atoms with Crippen LogP contribution >= 0.6 is 15.9 Å². The van der Waals surface area contributed by atoms with E-state index in [9.17, 15) is 18.3 Å². The van der Waals surface area contributed by atoms with Crippen molar-refractivity contribution < 1.29 is 18.3 Å². The van der Waals surface area contributed by atoms with Crippen molar-refractivity contribution in [1.82, 2.24) is 0 Å². The van der Waals surface area contributed by atoms with Gasteiger partial charge in [0.25, 0.3) is 5.91 Å². The van der Waals surface area contributed by atoms with E-state index in [0.29, 0.717) is 10.2 Å². The number of anilines is 1. The van der Waals surface area contributed by atoms with Gasteiger partial charge in [0, 0.05) is 10.2 Å². The van der Waals surface area contributed by atoms with E-state index >= 15 is 0 Å². The zero-order valence-corrected chi connectivity index (χ0v) is 15.8. The third kappa shape index (κ3) is 3.79. The van der Waals surface area contributed by atoms with E-state index in [-0.39, 0.29) is 21.1 Å². The molecular formula is C19H14BrNO4S. The summed E-state index contributed by atoms with van der Waals surface area (Å²) in [5.41, 5.74) is 0.391. The monoisotopic (exact) mass is 431 g/mol. The second-order valence-corrected chi connectivity index (χ2v) is 8.33. The molecule has 0 radical (unpaired) electrons. The van der Waals surface area contributed by atoms with Gasteiger partial charge in [-0.15, -0.1) is 0 Å². The third-order valence-electron chi connectivity index (χ3n) is 3.66. The number of benzene rings is 3. The molecule has 0 atom stereocenters. The normalized spacial score (nSPS) is 11.1. The maximum Gasteiger partial charge on any atom is 0.259 e. The van der Waals surface area contributed by atoms with E-state index in [1.165, 1.54) is 36.4 Å². The van der Waals surface area contributed by atoms with Crippen LogP contribution < -0.4 is 5.32 Å². The molecule has 0 unspecified atom stereocenters. The molecule has 0 aliphatic heterocycles. The summed E-state index contributed by atoms with van der Waals surface area (Å²) in [5, 5.41) is 12.4. The van der Waals surface area contributed by atoms with Crippen molar-refractivity contribution in [3.8, 4) is 5.75 Å². The number of hydrogen-bond donors (Lipinski definition) is 2. The molecule has 26 heavy (non-hydrogen) atoms. The lowest BCUT2D eigenvalue weighted by Crippen LogP contribution is -2.12. The van der Waals surface area contributed by atoms with Crippen LogP contribution in [-0.4, -0.2) is 19.4 Å². The summed E-state index contributed by atoms with van der Waals surface area (Å²) < 4.78 is 26.0. The average Bonchev–Trinajstić information content (AvgIpc) is 2.64. The quantitative estimate of drug-likeness (QED) is 0.646. The molecule has 3 aromatic carbocycles. The van der Waals surface area contributed by atoms with Crippen LogP contribution in [0.25, 0.3) is 0 Å². The van der Waals surface area contributed by atoms with Crippen LogP contribution in [0.2, 0.25) is 0 Å². The number of phenols is 1. The summed E-state index contributed by atoms with van der Waals surface area (Å²) >= 11 is 3.24. The third-order valence-corrected chi connectivity index (χ3v) is 5.92. The second-order valence-electron chi connectivity index (χ2n) is 5.46. The topological polar surface area (TPSA) is 83.5 Å². The highest BCUT2D eigenvalue weighted by Crippen LogP contribution is 2.25. The van der Waals surface area contributed by atoms with Gasteiger partial charge in [-0.25, -0.2) is 8.42 Å². The van der Waals surface area contributed by atoms with E-state index in [1.54, 1.807) is 36.4 Å². The Hall–Kier alpha value is -2.64. The molecule has 0 aliphatic carbocycles. The number of hydrogen-bond acceptors (Lipinski definition) is 4. The van der Waals surface area contributed by atoms with Crippen LogP contribution in [0.15, 0.2) is 87.1 Å². The van der Waals surface area contributed by atoms with E-state index in [4.69, 9.17) is 0 Å². The first-order chi connectivity index (χ1) is 12.4. The second kappa shape index (κ2) is 7.31. The minimum atomic E-state index is -3.68. The SMILES string of the molecule is O=C(Nc1cccc(S(=O)(=O)c2ccccc2)c1)c1cc(Br)ccc1O. The van der Waals surface area contributed by atoms with Crippen LogP contribution in [0.4, 0.5) is 5.69 Å². The Morgan fingerprint density at radius 1 is 0.885 bits per heavy atom. The fraction of sp³-hybridized carbons (Fsp3) is 0. The Morgan fingerprint density at radius 3 is 2.31 bits per heavy atom. The largest absolute Gasteiger partial charge is 0.507 e. The molecule has 0 saturated heterocycles. The summed E-state index contributed by atoms with van der Waals surface area (Å²) in [6, 6.07) is 18.5. The molecule has 3 aromatic rings. The van der Waals surface area contributed by atoms with Crippen LogP contribution in [0, 0.1) is 0 Å². The van der Waals surface area contributed by atoms with Gasteiger partial charge < -0.3 is 10.4 Å². The van der Waals surface area contributed by atoms with Crippen molar-refractivity contribution in [3.05, 3.63) is 82.8 Å². The first-order valence-corrected chi connectivity index (χ1v) is 9.85. The van der Waals surface area contributed by atoms with Gasteiger partial charge in [-0.05, 0) is 48.5 Å². The molecule has 132 valence electrons. The number of nitrogens with one attached hydrogen (secondary N) is 1. The molecule has 7 heteroatoms. The Morgan fingerprint density at radius 2 is 1.58 bits per heavy atom. The summed E-state index contributed by atoms with van der Waals surface area (Å²) in [6.07, 6.45) is 0. The van der Waals surface area contributed by atoms with Gasteiger partial charge in [-0.1, -0.05) is 40.2 Å². The standard InChI is InChI=1S/C19H14BrNO4S/c20-13-9-10-18(22)17(11-13)19(23)21-14-5-4-8-16(12-14)26(24,25)15-6-2-1-3-7-15/h1-12,22H,(H,21,23). The number of aromatic hydroxyl groups is 1. The summed E-state index contributed by atoms with van der Waals surface area (Å²) in [5.74, 6) is -0.711. The van der Waals surface area contributed by atoms with Gasteiger partial charge in [0.05, 0.1) is 15.4 Å². The number of amides is 1. The molecule has 0 aliphatic rings. The molecule has 1 amide bonds. The number of halogens is 1. The van der Waals surface area contributed by atoms with Crippen LogP contribution in [-0.2, 0) is 9.84 Å². The lowest BCUT2D eigenvalue weighted by molar-refractivity contribution is 0.102. The summed E-state index contributed by atoms with van der Waals surface area (Å²) in [6.45, 7) is 0. The number of phenolic OH excluding ortho intramolecular Hbond substituents is 1. The van der Waals surface area contributed by atoms with Crippen molar-refractivity contribution in [1.29, 1.82) is 0 Å². The van der Waals surface area contributed by atoms with E-state index in [2.05, 4.69) is 21.2 Å². The van der Waals surface area contributed by atoms with Crippen molar-refractivity contribution in [3.63, 3.8) is 0 Å². The maximum absolute atomic E-state index is 12.7.